The summed E-state index contributed by atoms with van der Waals surface area (Å²) in [6.07, 6.45) is 44.6. The number of unbranched alkanes of at least 4 members (excludes halogenated alkanes) is 20. The van der Waals surface area contributed by atoms with E-state index in [0.29, 0.717) is 19.6 Å². The monoisotopic (exact) mass is 605 g/mol. The first-order valence-corrected chi connectivity index (χ1v) is 18.6. The molecule has 0 radical (unpaired) electrons. The molecule has 0 aliphatic carbocycles. The van der Waals surface area contributed by atoms with Crippen LogP contribution in [-0.2, 0) is 14.3 Å². The molecule has 0 saturated carbocycles. The Balaban J connectivity index is 3.48. The zero-order valence-corrected chi connectivity index (χ0v) is 28.7. The normalized spacial score (nSPS) is 12.7. The van der Waals surface area contributed by atoms with Gasteiger partial charge in [-0.15, -0.1) is 0 Å². The highest BCUT2D eigenvalue weighted by molar-refractivity contribution is 5.69. The van der Waals surface area contributed by atoms with Gasteiger partial charge in [0.05, 0.1) is 13.2 Å². The number of allylic oxidation sites excluding steroid dienone is 6. The van der Waals surface area contributed by atoms with Crippen molar-refractivity contribution in [3.8, 4) is 0 Å². The Morgan fingerprint density at radius 1 is 0.558 bits per heavy atom. The molecule has 0 bridgehead atoms. The van der Waals surface area contributed by atoms with Crippen molar-refractivity contribution in [2.75, 3.05) is 19.8 Å². The molecule has 0 amide bonds. The van der Waals surface area contributed by atoms with E-state index in [1.165, 1.54) is 116 Å². The Hall–Kier alpha value is -1.39. The Morgan fingerprint density at radius 2 is 0.977 bits per heavy atom. The van der Waals surface area contributed by atoms with Gasteiger partial charge in [0.25, 0.3) is 0 Å². The van der Waals surface area contributed by atoms with Crippen molar-refractivity contribution in [2.45, 2.75) is 187 Å². The summed E-state index contributed by atoms with van der Waals surface area (Å²) in [5.74, 6) is -0.213. The summed E-state index contributed by atoms with van der Waals surface area (Å²) in [6.45, 7) is 5.31. The molecule has 0 aliphatic rings. The Labute approximate surface area is 268 Å². The molecule has 4 nitrogen and oxygen atoms in total. The van der Waals surface area contributed by atoms with E-state index in [2.05, 4.69) is 50.3 Å². The van der Waals surface area contributed by atoms with Gasteiger partial charge >= 0.3 is 5.97 Å². The number of aliphatic hydroxyl groups excluding tert-OH is 1. The van der Waals surface area contributed by atoms with Gasteiger partial charge in [-0.25, -0.2) is 0 Å². The first-order valence-electron chi connectivity index (χ1n) is 18.6. The lowest BCUT2D eigenvalue weighted by molar-refractivity contribution is -0.154. The van der Waals surface area contributed by atoms with E-state index in [1.807, 2.05) is 0 Å². The van der Waals surface area contributed by atoms with Gasteiger partial charge in [0, 0.05) is 13.0 Å². The number of aliphatic hydroxyl groups is 1. The average molecular weight is 605 g/mol. The summed E-state index contributed by atoms with van der Waals surface area (Å²) in [7, 11) is 0. The molecule has 4 heteroatoms. The van der Waals surface area contributed by atoms with Crippen LogP contribution in [0.5, 0.6) is 0 Å². The maximum Gasteiger partial charge on any atom is 0.306 e. The number of esters is 1. The van der Waals surface area contributed by atoms with E-state index in [-0.39, 0.29) is 12.6 Å². The topological polar surface area (TPSA) is 55.8 Å². The fourth-order valence-corrected chi connectivity index (χ4v) is 5.16. The fraction of sp³-hybridized carbons (Fsp3) is 0.821. The highest BCUT2D eigenvalue weighted by atomic mass is 16.6. The molecule has 43 heavy (non-hydrogen) atoms. The summed E-state index contributed by atoms with van der Waals surface area (Å²) in [5, 5.41) is 9.55. The van der Waals surface area contributed by atoms with Crippen LogP contribution >= 0.6 is 0 Å². The van der Waals surface area contributed by atoms with E-state index in [0.717, 1.165) is 44.9 Å². The van der Waals surface area contributed by atoms with Gasteiger partial charge in [-0.2, -0.15) is 0 Å². The zero-order valence-electron chi connectivity index (χ0n) is 28.7. The van der Waals surface area contributed by atoms with E-state index in [4.69, 9.17) is 9.47 Å². The molecule has 252 valence electrons. The third-order valence-corrected chi connectivity index (χ3v) is 7.97. The molecular formula is C39H72O4. The molecule has 0 aliphatic heterocycles. The third kappa shape index (κ3) is 35.0. The van der Waals surface area contributed by atoms with Gasteiger partial charge in [0.2, 0.25) is 0 Å². The SMILES string of the molecule is CCCCC/C=C\C/C=C\C/C=C\CCCCCCCCC(=O)OC(CO)COCCCCCCCCCCCCCC. The van der Waals surface area contributed by atoms with E-state index < -0.39 is 6.10 Å². The van der Waals surface area contributed by atoms with Crippen molar-refractivity contribution in [2.24, 2.45) is 0 Å². The van der Waals surface area contributed by atoms with Crippen LogP contribution in [0, 0.1) is 0 Å². The summed E-state index contributed by atoms with van der Waals surface area (Å²) in [6, 6.07) is 0. The van der Waals surface area contributed by atoms with Crippen molar-refractivity contribution in [1.29, 1.82) is 0 Å². The molecule has 0 rings (SSSR count). The zero-order chi connectivity index (χ0) is 31.3. The molecule has 0 saturated heterocycles. The molecule has 1 unspecified atom stereocenters. The Morgan fingerprint density at radius 3 is 1.51 bits per heavy atom. The van der Waals surface area contributed by atoms with E-state index >= 15 is 0 Å². The number of rotatable bonds is 34. The highest BCUT2D eigenvalue weighted by Gasteiger charge is 2.13. The first kappa shape index (κ1) is 41.6. The molecule has 1 atom stereocenters. The standard InChI is InChI=1S/C39H72O4/c1-3-5-7-9-11-13-15-17-18-19-20-21-22-23-24-26-28-30-32-34-39(41)43-38(36-40)37-42-35-33-31-29-27-25-16-14-12-10-8-6-4-2/h11,13,17-18,20-21,38,40H,3-10,12,14-16,19,22-37H2,1-2H3/b13-11-,18-17-,21-20-. The van der Waals surface area contributed by atoms with Crippen LogP contribution in [-0.4, -0.2) is 37.0 Å². The lowest BCUT2D eigenvalue weighted by Gasteiger charge is -2.16. The molecular weight excluding hydrogens is 532 g/mol. The van der Waals surface area contributed by atoms with Crippen molar-refractivity contribution < 1.29 is 19.4 Å². The van der Waals surface area contributed by atoms with Crippen LogP contribution in [0.1, 0.15) is 181 Å². The molecule has 0 aromatic carbocycles. The van der Waals surface area contributed by atoms with E-state index in [1.54, 1.807) is 0 Å². The van der Waals surface area contributed by atoms with Crippen LogP contribution in [0.3, 0.4) is 0 Å². The number of carbonyl (C=O) groups is 1. The number of ether oxygens (including phenoxy) is 2. The van der Waals surface area contributed by atoms with Gasteiger partial charge in [-0.3, -0.25) is 4.79 Å². The minimum absolute atomic E-state index is 0.175. The lowest BCUT2D eigenvalue weighted by atomic mass is 10.1. The van der Waals surface area contributed by atoms with Crippen LogP contribution in [0.25, 0.3) is 0 Å². The second-order valence-electron chi connectivity index (χ2n) is 12.3. The van der Waals surface area contributed by atoms with E-state index in [9.17, 15) is 9.90 Å². The minimum atomic E-state index is -0.537. The molecule has 0 fully saturated rings. The number of carbonyl (C=O) groups excluding carboxylic acids is 1. The second-order valence-corrected chi connectivity index (χ2v) is 12.3. The summed E-state index contributed by atoms with van der Waals surface area (Å²) in [5.41, 5.74) is 0. The van der Waals surface area contributed by atoms with Crippen molar-refractivity contribution >= 4 is 5.97 Å². The van der Waals surface area contributed by atoms with Gasteiger partial charge < -0.3 is 14.6 Å². The van der Waals surface area contributed by atoms with Crippen molar-refractivity contribution in [3.05, 3.63) is 36.5 Å². The predicted octanol–water partition coefficient (Wildman–Crippen LogP) is 11.8. The van der Waals surface area contributed by atoms with Gasteiger partial charge in [0.15, 0.2) is 0 Å². The molecule has 0 aromatic rings. The first-order chi connectivity index (χ1) is 21.2. The third-order valence-electron chi connectivity index (χ3n) is 7.97. The Bertz CT molecular complexity index is 639. The van der Waals surface area contributed by atoms with Crippen molar-refractivity contribution in [3.63, 3.8) is 0 Å². The second kappa shape index (κ2) is 36.8. The lowest BCUT2D eigenvalue weighted by Crippen LogP contribution is -2.27. The quantitative estimate of drug-likeness (QED) is 0.0451. The molecule has 0 heterocycles. The van der Waals surface area contributed by atoms with Crippen LogP contribution in [0.2, 0.25) is 0 Å². The maximum absolute atomic E-state index is 12.1. The molecule has 0 spiro atoms. The van der Waals surface area contributed by atoms with Gasteiger partial charge in [-0.1, -0.05) is 159 Å². The molecule has 1 N–H and O–H groups in total. The van der Waals surface area contributed by atoms with Gasteiger partial charge in [0.1, 0.15) is 6.10 Å². The average Bonchev–Trinajstić information content (AvgIpc) is 3.01. The fourth-order valence-electron chi connectivity index (χ4n) is 5.16. The summed E-state index contributed by atoms with van der Waals surface area (Å²) < 4.78 is 11.1. The van der Waals surface area contributed by atoms with Crippen LogP contribution in [0.4, 0.5) is 0 Å². The van der Waals surface area contributed by atoms with Crippen LogP contribution < -0.4 is 0 Å². The Kier molecular flexibility index (Phi) is 35.6. The number of hydrogen-bond acceptors (Lipinski definition) is 4. The highest BCUT2D eigenvalue weighted by Crippen LogP contribution is 2.13. The summed E-state index contributed by atoms with van der Waals surface area (Å²) >= 11 is 0. The summed E-state index contributed by atoms with van der Waals surface area (Å²) in [4.78, 5) is 12.1. The van der Waals surface area contributed by atoms with Gasteiger partial charge in [-0.05, 0) is 51.4 Å². The van der Waals surface area contributed by atoms with Crippen LogP contribution in [0.15, 0.2) is 36.5 Å². The molecule has 0 aromatic heterocycles. The maximum atomic E-state index is 12.1. The largest absolute Gasteiger partial charge is 0.457 e. The smallest absolute Gasteiger partial charge is 0.306 e. The minimum Gasteiger partial charge on any atom is -0.457 e. The van der Waals surface area contributed by atoms with Crippen molar-refractivity contribution in [1.82, 2.24) is 0 Å². The predicted molar refractivity (Wildman–Crippen MR) is 187 cm³/mol. The number of hydrogen-bond donors (Lipinski definition) is 1.